The van der Waals surface area contributed by atoms with Gasteiger partial charge in [-0.05, 0) is 24.6 Å². The molecule has 3 aromatic rings. The predicted octanol–water partition coefficient (Wildman–Crippen LogP) is 3.91. The Labute approximate surface area is 118 Å². The fraction of sp³-hybridized carbons (Fsp3) is 0.0769. The summed E-state index contributed by atoms with van der Waals surface area (Å²) in [6, 6.07) is 7.58. The van der Waals surface area contributed by atoms with Crippen molar-refractivity contribution in [3.63, 3.8) is 0 Å². The number of benzene rings is 1. The second-order valence-corrected chi connectivity index (χ2v) is 5.47. The summed E-state index contributed by atoms with van der Waals surface area (Å²) in [5, 5.41) is 13.1. The van der Waals surface area contributed by atoms with Crippen LogP contribution in [0.4, 0.5) is 0 Å². The van der Waals surface area contributed by atoms with Gasteiger partial charge in [-0.1, -0.05) is 40.2 Å². The molecule has 0 aliphatic rings. The number of halogens is 1. The number of fused-ring (bicyclic) bond motifs is 1. The Bertz CT molecular complexity index is 758. The summed E-state index contributed by atoms with van der Waals surface area (Å²) in [7, 11) is 0. The molecule has 0 aliphatic heterocycles. The van der Waals surface area contributed by atoms with Crippen molar-refractivity contribution >= 4 is 33.6 Å². The second kappa shape index (κ2) is 4.68. The van der Waals surface area contributed by atoms with Crippen LogP contribution in [0.25, 0.3) is 15.4 Å². The molecule has 0 spiro atoms. The van der Waals surface area contributed by atoms with Gasteiger partial charge in [-0.15, -0.1) is 0 Å². The van der Waals surface area contributed by atoms with Crippen LogP contribution in [-0.2, 0) is 0 Å². The molecular formula is C13H10ClN3OS. The molecule has 0 saturated carbocycles. The number of nitrogens with zero attached hydrogens (tertiary/aromatic N) is 3. The van der Waals surface area contributed by atoms with E-state index >= 15 is 0 Å². The quantitative estimate of drug-likeness (QED) is 0.442. The molecule has 96 valence electrons. The smallest absolute Gasteiger partial charge is 0.194 e. The van der Waals surface area contributed by atoms with Crippen LogP contribution in [0.15, 0.2) is 41.8 Å². The minimum Gasteiger partial charge on any atom is -0.411 e. The zero-order chi connectivity index (χ0) is 13.4. The summed E-state index contributed by atoms with van der Waals surface area (Å²) in [6.07, 6.45) is 3.58. The maximum absolute atomic E-state index is 9.06. The third-order valence-electron chi connectivity index (χ3n) is 2.86. The van der Waals surface area contributed by atoms with Gasteiger partial charge in [0.15, 0.2) is 4.96 Å². The van der Waals surface area contributed by atoms with Crippen LogP contribution in [0.1, 0.15) is 12.6 Å². The Morgan fingerprint density at radius 2 is 2.11 bits per heavy atom. The van der Waals surface area contributed by atoms with E-state index < -0.39 is 0 Å². The van der Waals surface area contributed by atoms with Gasteiger partial charge < -0.3 is 5.21 Å². The van der Waals surface area contributed by atoms with E-state index in [0.717, 1.165) is 21.1 Å². The first-order valence-corrected chi connectivity index (χ1v) is 6.81. The topological polar surface area (TPSA) is 49.9 Å². The number of aromatic nitrogens is 2. The van der Waals surface area contributed by atoms with Crippen molar-refractivity contribution in [2.45, 2.75) is 6.92 Å². The van der Waals surface area contributed by atoms with Gasteiger partial charge in [0.1, 0.15) is 5.71 Å². The van der Waals surface area contributed by atoms with Gasteiger partial charge in [-0.3, -0.25) is 4.40 Å². The van der Waals surface area contributed by atoms with Gasteiger partial charge in [-0.25, -0.2) is 4.98 Å². The van der Waals surface area contributed by atoms with Crippen molar-refractivity contribution in [2.24, 2.45) is 5.16 Å². The highest BCUT2D eigenvalue weighted by Crippen LogP contribution is 2.33. The molecule has 0 radical (unpaired) electrons. The monoisotopic (exact) mass is 291 g/mol. The summed E-state index contributed by atoms with van der Waals surface area (Å²) in [5.41, 5.74) is 2.43. The average Bonchev–Trinajstić information content (AvgIpc) is 2.98. The van der Waals surface area contributed by atoms with Gasteiger partial charge in [0.05, 0.1) is 10.6 Å². The molecule has 1 N–H and O–H groups in total. The van der Waals surface area contributed by atoms with Gasteiger partial charge in [0.2, 0.25) is 0 Å². The van der Waals surface area contributed by atoms with Gasteiger partial charge >= 0.3 is 0 Å². The maximum Gasteiger partial charge on any atom is 0.194 e. The Kier molecular flexibility index (Phi) is 3.00. The summed E-state index contributed by atoms with van der Waals surface area (Å²) in [6.45, 7) is 1.76. The second-order valence-electron chi connectivity index (χ2n) is 4.05. The van der Waals surface area contributed by atoms with Crippen molar-refractivity contribution in [1.29, 1.82) is 0 Å². The van der Waals surface area contributed by atoms with Crippen LogP contribution in [0, 0.1) is 0 Å². The molecule has 0 bridgehead atoms. The highest BCUT2D eigenvalue weighted by atomic mass is 35.5. The normalized spacial score (nSPS) is 12.2. The van der Waals surface area contributed by atoms with Gasteiger partial charge in [-0.2, -0.15) is 0 Å². The number of imidazole rings is 1. The number of hydrogen-bond donors (Lipinski definition) is 1. The SMILES string of the molecule is CC(=NO)c1c(-c2ccc(Cl)cc2)sc2nccn12. The summed E-state index contributed by atoms with van der Waals surface area (Å²) >= 11 is 7.46. The van der Waals surface area contributed by atoms with E-state index in [9.17, 15) is 0 Å². The Morgan fingerprint density at radius 1 is 1.37 bits per heavy atom. The highest BCUT2D eigenvalue weighted by molar-refractivity contribution is 7.20. The molecule has 3 rings (SSSR count). The molecule has 0 atom stereocenters. The zero-order valence-electron chi connectivity index (χ0n) is 10.0. The van der Waals surface area contributed by atoms with E-state index in [1.165, 1.54) is 0 Å². The maximum atomic E-state index is 9.06. The van der Waals surface area contributed by atoms with E-state index in [2.05, 4.69) is 10.1 Å². The lowest BCUT2D eigenvalue weighted by molar-refractivity contribution is 0.319. The fourth-order valence-electron chi connectivity index (χ4n) is 1.97. The molecule has 2 aromatic heterocycles. The third-order valence-corrected chi connectivity index (χ3v) is 4.23. The van der Waals surface area contributed by atoms with Gasteiger partial charge in [0.25, 0.3) is 0 Å². The lowest BCUT2D eigenvalue weighted by Gasteiger charge is -2.03. The van der Waals surface area contributed by atoms with Crippen LogP contribution in [0.2, 0.25) is 5.02 Å². The van der Waals surface area contributed by atoms with E-state index in [1.54, 1.807) is 24.5 Å². The van der Waals surface area contributed by atoms with Crippen LogP contribution in [-0.4, -0.2) is 20.3 Å². The molecule has 19 heavy (non-hydrogen) atoms. The van der Waals surface area contributed by atoms with Crippen molar-refractivity contribution in [2.75, 3.05) is 0 Å². The molecule has 4 nitrogen and oxygen atoms in total. The molecule has 0 saturated heterocycles. The molecule has 0 amide bonds. The van der Waals surface area contributed by atoms with Gasteiger partial charge in [0, 0.05) is 17.4 Å². The van der Waals surface area contributed by atoms with Crippen molar-refractivity contribution < 1.29 is 5.21 Å². The van der Waals surface area contributed by atoms with Crippen molar-refractivity contribution in [3.8, 4) is 10.4 Å². The Balaban J connectivity index is 2.28. The first kappa shape index (κ1) is 12.2. The summed E-state index contributed by atoms with van der Waals surface area (Å²) < 4.78 is 1.92. The molecule has 0 unspecified atom stereocenters. The first-order chi connectivity index (χ1) is 9.20. The first-order valence-electron chi connectivity index (χ1n) is 5.61. The standard InChI is InChI=1S/C13H10ClN3OS/c1-8(16-18)11-12(9-2-4-10(14)5-3-9)19-13-15-6-7-17(11)13/h2-7,18H,1H3. The Morgan fingerprint density at radius 3 is 2.79 bits per heavy atom. The molecule has 0 fully saturated rings. The van der Waals surface area contributed by atoms with Crippen molar-refractivity contribution in [3.05, 3.63) is 47.4 Å². The van der Waals surface area contributed by atoms with Crippen LogP contribution in [0.3, 0.4) is 0 Å². The lowest BCUT2D eigenvalue weighted by Crippen LogP contribution is -2.00. The Hall–Kier alpha value is -1.85. The summed E-state index contributed by atoms with van der Waals surface area (Å²) in [4.78, 5) is 6.15. The number of rotatable bonds is 2. The van der Waals surface area contributed by atoms with Crippen LogP contribution >= 0.6 is 22.9 Å². The number of oxime groups is 1. The lowest BCUT2D eigenvalue weighted by atomic mass is 10.1. The van der Waals surface area contributed by atoms with Crippen LogP contribution in [0.5, 0.6) is 0 Å². The van der Waals surface area contributed by atoms with Crippen molar-refractivity contribution in [1.82, 2.24) is 9.38 Å². The third kappa shape index (κ3) is 2.01. The zero-order valence-corrected chi connectivity index (χ0v) is 11.6. The summed E-state index contributed by atoms with van der Waals surface area (Å²) in [5.74, 6) is 0. The molecular weight excluding hydrogens is 282 g/mol. The molecule has 2 heterocycles. The fourth-order valence-corrected chi connectivity index (χ4v) is 3.24. The molecule has 1 aromatic carbocycles. The van der Waals surface area contributed by atoms with Crippen LogP contribution < -0.4 is 0 Å². The van der Waals surface area contributed by atoms with E-state index in [4.69, 9.17) is 16.8 Å². The minimum atomic E-state index is 0.550. The number of thiazole rings is 1. The average molecular weight is 292 g/mol. The predicted molar refractivity (Wildman–Crippen MR) is 77.5 cm³/mol. The molecule has 6 heteroatoms. The highest BCUT2D eigenvalue weighted by Gasteiger charge is 2.17. The molecule has 0 aliphatic carbocycles. The van der Waals surface area contributed by atoms with E-state index in [0.29, 0.717) is 10.7 Å². The minimum absolute atomic E-state index is 0.550. The number of hydrogen-bond acceptors (Lipinski definition) is 4. The van der Waals surface area contributed by atoms with E-state index in [1.807, 2.05) is 34.9 Å². The van der Waals surface area contributed by atoms with E-state index in [-0.39, 0.29) is 0 Å². The largest absolute Gasteiger partial charge is 0.411 e.